The van der Waals surface area contributed by atoms with E-state index in [9.17, 15) is 9.59 Å². The van der Waals surface area contributed by atoms with Gasteiger partial charge < -0.3 is 5.11 Å². The Labute approximate surface area is 63.3 Å². The highest BCUT2D eigenvalue weighted by Gasteiger charge is 2.32. The van der Waals surface area contributed by atoms with Crippen molar-refractivity contribution in [2.75, 3.05) is 6.54 Å². The van der Waals surface area contributed by atoms with Gasteiger partial charge in [0.15, 0.2) is 5.92 Å². The molecule has 1 atom stereocenters. The van der Waals surface area contributed by atoms with Crippen molar-refractivity contribution in [2.24, 2.45) is 11.0 Å². The largest absolute Gasteiger partial charge is 0.480 e. The first kappa shape index (κ1) is 7.71. The number of carboxylic acids is 1. The van der Waals surface area contributed by atoms with Crippen LogP contribution in [0.4, 0.5) is 0 Å². The number of hydrazone groups is 1. The lowest BCUT2D eigenvalue weighted by Gasteiger charge is -2.08. The van der Waals surface area contributed by atoms with E-state index >= 15 is 0 Å². The molecule has 5 heteroatoms. The summed E-state index contributed by atoms with van der Waals surface area (Å²) in [4.78, 5) is 21.3. The number of rotatable bonds is 2. The van der Waals surface area contributed by atoms with E-state index < -0.39 is 17.8 Å². The maximum atomic E-state index is 11.0. The van der Waals surface area contributed by atoms with Gasteiger partial charge in [-0.1, -0.05) is 0 Å². The fraction of sp³-hybridized carbons (Fsp3) is 0.500. The summed E-state index contributed by atoms with van der Waals surface area (Å²) >= 11 is 0. The summed E-state index contributed by atoms with van der Waals surface area (Å²) in [6.45, 7) is 2.15. The zero-order valence-electron chi connectivity index (χ0n) is 6.02. The first-order valence-corrected chi connectivity index (χ1v) is 3.25. The van der Waals surface area contributed by atoms with E-state index in [1.54, 1.807) is 6.92 Å². The SMILES string of the molecule is CCN1N=CC(C(=O)O)C1=O. The third-order valence-corrected chi connectivity index (χ3v) is 1.44. The number of carbonyl (C=O) groups is 2. The summed E-state index contributed by atoms with van der Waals surface area (Å²) in [5, 5.41) is 13.2. The Hall–Kier alpha value is -1.39. The number of carbonyl (C=O) groups excluding carboxylic acids is 1. The molecule has 5 nitrogen and oxygen atoms in total. The van der Waals surface area contributed by atoms with Gasteiger partial charge in [0.1, 0.15) is 0 Å². The second-order valence-electron chi connectivity index (χ2n) is 2.13. The minimum atomic E-state index is -1.14. The zero-order valence-corrected chi connectivity index (χ0v) is 6.02. The summed E-state index contributed by atoms with van der Waals surface area (Å²) in [6, 6.07) is 0. The summed E-state index contributed by atoms with van der Waals surface area (Å²) in [5.41, 5.74) is 0. The average Bonchev–Trinajstić information content (AvgIpc) is 2.30. The van der Waals surface area contributed by atoms with Gasteiger partial charge >= 0.3 is 5.97 Å². The van der Waals surface area contributed by atoms with Crippen molar-refractivity contribution in [3.8, 4) is 0 Å². The number of hydrogen-bond donors (Lipinski definition) is 1. The van der Waals surface area contributed by atoms with E-state index in [1.807, 2.05) is 0 Å². The van der Waals surface area contributed by atoms with E-state index in [-0.39, 0.29) is 0 Å². The lowest BCUT2D eigenvalue weighted by Crippen LogP contribution is -2.30. The average molecular weight is 156 g/mol. The van der Waals surface area contributed by atoms with Gasteiger partial charge in [0, 0.05) is 12.8 Å². The predicted molar refractivity (Wildman–Crippen MR) is 37.0 cm³/mol. The predicted octanol–water partition coefficient (Wildman–Crippen LogP) is -0.465. The molecule has 0 aromatic rings. The van der Waals surface area contributed by atoms with Crippen molar-refractivity contribution in [3.63, 3.8) is 0 Å². The molecular formula is C6H8N2O3. The lowest BCUT2D eigenvalue weighted by atomic mass is 10.2. The molecule has 1 heterocycles. The highest BCUT2D eigenvalue weighted by Crippen LogP contribution is 2.08. The molecule has 60 valence electrons. The quantitative estimate of drug-likeness (QED) is 0.550. The molecule has 0 spiro atoms. The van der Waals surface area contributed by atoms with Gasteiger partial charge in [0.2, 0.25) is 0 Å². The summed E-state index contributed by atoms with van der Waals surface area (Å²) in [5.74, 6) is -2.68. The van der Waals surface area contributed by atoms with Crippen LogP contribution in [0.3, 0.4) is 0 Å². The number of hydrogen-bond acceptors (Lipinski definition) is 3. The molecule has 1 N–H and O–H groups in total. The summed E-state index contributed by atoms with van der Waals surface area (Å²) < 4.78 is 0. The van der Waals surface area contributed by atoms with Crippen LogP contribution in [-0.4, -0.2) is 34.8 Å². The Morgan fingerprint density at radius 1 is 1.91 bits per heavy atom. The van der Waals surface area contributed by atoms with Crippen molar-refractivity contribution >= 4 is 18.1 Å². The van der Waals surface area contributed by atoms with Crippen LogP contribution in [0.1, 0.15) is 6.92 Å². The molecule has 0 bridgehead atoms. The normalized spacial score (nSPS) is 22.8. The highest BCUT2D eigenvalue weighted by atomic mass is 16.4. The molecule has 1 aliphatic rings. The Bertz CT molecular complexity index is 224. The molecule has 0 aromatic heterocycles. The molecule has 0 saturated heterocycles. The monoisotopic (exact) mass is 156 g/mol. The van der Waals surface area contributed by atoms with Crippen LogP contribution >= 0.6 is 0 Å². The van der Waals surface area contributed by atoms with E-state index in [0.717, 1.165) is 11.2 Å². The smallest absolute Gasteiger partial charge is 0.321 e. The van der Waals surface area contributed by atoms with Crippen molar-refractivity contribution in [1.29, 1.82) is 0 Å². The standard InChI is InChI=1S/C6H8N2O3/c1-2-8-5(9)4(3-7-8)6(10)11/h3-4H,2H2,1H3,(H,10,11). The molecule has 0 fully saturated rings. The Kier molecular flexibility index (Phi) is 1.89. The van der Waals surface area contributed by atoms with Gasteiger partial charge in [-0.3, -0.25) is 9.59 Å². The number of carboxylic acid groups (broad SMARTS) is 1. The van der Waals surface area contributed by atoms with Gasteiger partial charge in [0.25, 0.3) is 5.91 Å². The fourth-order valence-corrected chi connectivity index (χ4v) is 0.835. The molecular weight excluding hydrogens is 148 g/mol. The van der Waals surface area contributed by atoms with Crippen molar-refractivity contribution in [1.82, 2.24) is 5.01 Å². The minimum absolute atomic E-state index is 0.416. The molecule has 1 amide bonds. The van der Waals surface area contributed by atoms with Gasteiger partial charge in [-0.25, -0.2) is 5.01 Å². The maximum absolute atomic E-state index is 11.0. The summed E-state index contributed by atoms with van der Waals surface area (Å²) in [7, 11) is 0. The van der Waals surface area contributed by atoms with Crippen LogP contribution in [0.5, 0.6) is 0 Å². The Morgan fingerprint density at radius 3 is 2.82 bits per heavy atom. The third-order valence-electron chi connectivity index (χ3n) is 1.44. The van der Waals surface area contributed by atoms with Gasteiger partial charge in [-0.05, 0) is 6.92 Å². The first-order chi connectivity index (χ1) is 5.16. The molecule has 1 unspecified atom stereocenters. The molecule has 0 saturated carbocycles. The molecule has 0 aromatic carbocycles. The first-order valence-electron chi connectivity index (χ1n) is 3.25. The number of aliphatic carboxylic acids is 1. The van der Waals surface area contributed by atoms with E-state index in [2.05, 4.69) is 5.10 Å². The fourth-order valence-electron chi connectivity index (χ4n) is 0.835. The van der Waals surface area contributed by atoms with Crippen LogP contribution in [0.15, 0.2) is 5.10 Å². The third kappa shape index (κ3) is 1.21. The van der Waals surface area contributed by atoms with E-state index in [4.69, 9.17) is 5.11 Å². The van der Waals surface area contributed by atoms with Gasteiger partial charge in [0.05, 0.1) is 0 Å². The number of amides is 1. The molecule has 1 aliphatic heterocycles. The Morgan fingerprint density at radius 2 is 2.55 bits per heavy atom. The highest BCUT2D eigenvalue weighted by molar-refractivity contribution is 6.12. The van der Waals surface area contributed by atoms with Gasteiger partial charge in [-0.2, -0.15) is 5.10 Å². The Balaban J connectivity index is 2.71. The number of nitrogens with zero attached hydrogens (tertiary/aromatic N) is 2. The van der Waals surface area contributed by atoms with Crippen LogP contribution in [0.2, 0.25) is 0 Å². The molecule has 0 aliphatic carbocycles. The maximum Gasteiger partial charge on any atom is 0.321 e. The van der Waals surface area contributed by atoms with E-state index in [1.165, 1.54) is 0 Å². The topological polar surface area (TPSA) is 70.0 Å². The van der Waals surface area contributed by atoms with Crippen molar-refractivity contribution in [3.05, 3.63) is 0 Å². The van der Waals surface area contributed by atoms with Crippen LogP contribution < -0.4 is 0 Å². The summed E-state index contributed by atoms with van der Waals surface area (Å²) in [6.07, 6.45) is 1.15. The van der Waals surface area contributed by atoms with Crippen LogP contribution in [-0.2, 0) is 9.59 Å². The van der Waals surface area contributed by atoms with E-state index in [0.29, 0.717) is 6.54 Å². The van der Waals surface area contributed by atoms with Crippen molar-refractivity contribution < 1.29 is 14.7 Å². The molecule has 11 heavy (non-hydrogen) atoms. The van der Waals surface area contributed by atoms with Gasteiger partial charge in [-0.15, -0.1) is 0 Å². The van der Waals surface area contributed by atoms with Crippen molar-refractivity contribution in [2.45, 2.75) is 6.92 Å². The zero-order chi connectivity index (χ0) is 8.43. The second-order valence-corrected chi connectivity index (χ2v) is 2.13. The lowest BCUT2D eigenvalue weighted by molar-refractivity contribution is -0.146. The van der Waals surface area contributed by atoms with Crippen LogP contribution in [0, 0.1) is 5.92 Å². The minimum Gasteiger partial charge on any atom is -0.480 e. The molecule has 0 radical (unpaired) electrons. The molecule has 1 rings (SSSR count). The van der Waals surface area contributed by atoms with Crippen LogP contribution in [0.25, 0.3) is 0 Å². The second kappa shape index (κ2) is 2.69.